The van der Waals surface area contributed by atoms with Crippen LogP contribution in [0.25, 0.3) is 0 Å². The maximum Gasteiger partial charge on any atom is 0.309 e. The Balaban J connectivity index is 4.34. The van der Waals surface area contributed by atoms with Crippen molar-refractivity contribution in [1.82, 2.24) is 0 Å². The van der Waals surface area contributed by atoms with Crippen LogP contribution in [-0.4, -0.2) is 40.4 Å². The number of hydrogen-bond donors (Lipinski definition) is 2. The van der Waals surface area contributed by atoms with Gasteiger partial charge in [0.05, 0.1) is 25.7 Å². The van der Waals surface area contributed by atoms with Gasteiger partial charge in [-0.25, -0.2) is 0 Å². The molecule has 22 heavy (non-hydrogen) atoms. The third kappa shape index (κ3) is 11.7. The standard InChI is InChI=1S/C14H22O8/c1-2-3-4-5-14(21-12(19)8-6-10(15)16)22-13(20)9-7-11(17)18/h14H,2-9H2,1H3,(H,15,16)(H,17,18). The molecular weight excluding hydrogens is 296 g/mol. The van der Waals surface area contributed by atoms with Gasteiger partial charge in [-0.1, -0.05) is 19.8 Å². The van der Waals surface area contributed by atoms with Crippen molar-refractivity contribution >= 4 is 23.9 Å². The van der Waals surface area contributed by atoms with Crippen LogP contribution in [0.5, 0.6) is 0 Å². The highest BCUT2D eigenvalue weighted by molar-refractivity contribution is 5.78. The van der Waals surface area contributed by atoms with E-state index in [1.165, 1.54) is 0 Å². The fourth-order valence-electron chi connectivity index (χ4n) is 1.53. The summed E-state index contributed by atoms with van der Waals surface area (Å²) in [6, 6.07) is 0. The number of hydrogen-bond acceptors (Lipinski definition) is 6. The Morgan fingerprint density at radius 1 is 0.818 bits per heavy atom. The number of ether oxygens (including phenoxy) is 2. The van der Waals surface area contributed by atoms with Crippen LogP contribution in [0, 0.1) is 0 Å². The molecule has 0 aromatic carbocycles. The third-order valence-corrected chi connectivity index (χ3v) is 2.66. The Kier molecular flexibility index (Phi) is 10.4. The van der Waals surface area contributed by atoms with Crippen LogP contribution >= 0.6 is 0 Å². The molecule has 0 aliphatic rings. The van der Waals surface area contributed by atoms with E-state index in [9.17, 15) is 19.2 Å². The average Bonchev–Trinajstić information content (AvgIpc) is 2.43. The number of esters is 2. The number of rotatable bonds is 12. The van der Waals surface area contributed by atoms with E-state index in [0.29, 0.717) is 12.8 Å². The first-order valence-corrected chi connectivity index (χ1v) is 7.17. The number of unbranched alkanes of at least 4 members (excludes halogenated alkanes) is 2. The maximum absolute atomic E-state index is 11.5. The summed E-state index contributed by atoms with van der Waals surface area (Å²) in [6.45, 7) is 1.98. The van der Waals surface area contributed by atoms with Crippen LogP contribution in [0.2, 0.25) is 0 Å². The average molecular weight is 318 g/mol. The summed E-state index contributed by atoms with van der Waals surface area (Å²) in [7, 11) is 0. The summed E-state index contributed by atoms with van der Waals surface area (Å²) >= 11 is 0. The Morgan fingerprint density at radius 2 is 1.27 bits per heavy atom. The fraction of sp³-hybridized carbons (Fsp3) is 0.714. The molecule has 0 unspecified atom stereocenters. The Labute approximate surface area is 128 Å². The maximum atomic E-state index is 11.5. The molecule has 0 radical (unpaired) electrons. The monoisotopic (exact) mass is 318 g/mol. The van der Waals surface area contributed by atoms with Gasteiger partial charge >= 0.3 is 23.9 Å². The number of carboxylic acids is 2. The Morgan fingerprint density at radius 3 is 1.64 bits per heavy atom. The summed E-state index contributed by atoms with van der Waals surface area (Å²) in [5.41, 5.74) is 0. The third-order valence-electron chi connectivity index (χ3n) is 2.66. The van der Waals surface area contributed by atoms with E-state index in [4.69, 9.17) is 19.7 Å². The Hall–Kier alpha value is -2.12. The summed E-state index contributed by atoms with van der Waals surface area (Å²) in [5, 5.41) is 17.0. The molecule has 0 aromatic heterocycles. The first-order chi connectivity index (χ1) is 10.3. The van der Waals surface area contributed by atoms with Crippen LogP contribution in [-0.2, 0) is 28.7 Å². The van der Waals surface area contributed by atoms with E-state index >= 15 is 0 Å². The molecule has 0 atom stereocenters. The molecule has 0 saturated carbocycles. The molecule has 0 bridgehead atoms. The Bertz CT molecular complexity index is 358. The lowest BCUT2D eigenvalue weighted by Crippen LogP contribution is -2.25. The zero-order valence-electron chi connectivity index (χ0n) is 12.6. The molecule has 0 heterocycles. The number of carbonyl (C=O) groups is 4. The number of carboxylic acid groups (broad SMARTS) is 2. The topological polar surface area (TPSA) is 127 Å². The highest BCUT2D eigenvalue weighted by atomic mass is 16.7. The predicted molar refractivity (Wildman–Crippen MR) is 73.9 cm³/mol. The van der Waals surface area contributed by atoms with E-state index in [1.807, 2.05) is 6.92 Å². The second kappa shape index (κ2) is 11.5. The molecule has 0 aliphatic carbocycles. The van der Waals surface area contributed by atoms with Crippen LogP contribution < -0.4 is 0 Å². The highest BCUT2D eigenvalue weighted by Crippen LogP contribution is 2.11. The van der Waals surface area contributed by atoms with E-state index in [0.717, 1.165) is 12.8 Å². The zero-order chi connectivity index (χ0) is 17.0. The summed E-state index contributed by atoms with van der Waals surface area (Å²) in [6.07, 6.45) is 0.279. The van der Waals surface area contributed by atoms with Gasteiger partial charge in [-0.15, -0.1) is 0 Å². The van der Waals surface area contributed by atoms with Crippen molar-refractivity contribution < 1.29 is 38.9 Å². The predicted octanol–water partition coefficient (Wildman–Crippen LogP) is 1.71. The molecular formula is C14H22O8. The zero-order valence-corrected chi connectivity index (χ0v) is 12.6. The molecule has 126 valence electrons. The first kappa shape index (κ1) is 19.9. The lowest BCUT2D eigenvalue weighted by Gasteiger charge is -2.18. The lowest BCUT2D eigenvalue weighted by molar-refractivity contribution is -0.190. The van der Waals surface area contributed by atoms with E-state index in [1.54, 1.807) is 0 Å². The fourth-order valence-corrected chi connectivity index (χ4v) is 1.53. The van der Waals surface area contributed by atoms with Crippen molar-refractivity contribution in [1.29, 1.82) is 0 Å². The number of aliphatic carboxylic acids is 2. The summed E-state index contributed by atoms with van der Waals surface area (Å²) in [4.78, 5) is 43.7. The molecule has 0 fully saturated rings. The van der Waals surface area contributed by atoms with Gasteiger partial charge in [0.25, 0.3) is 0 Å². The van der Waals surface area contributed by atoms with Crippen LogP contribution in [0.1, 0.15) is 58.3 Å². The molecule has 8 nitrogen and oxygen atoms in total. The second-order valence-corrected chi connectivity index (χ2v) is 4.69. The molecule has 8 heteroatoms. The molecule has 0 amide bonds. The quantitative estimate of drug-likeness (QED) is 0.316. The molecule has 0 aromatic rings. The van der Waals surface area contributed by atoms with Crippen molar-refractivity contribution in [2.24, 2.45) is 0 Å². The van der Waals surface area contributed by atoms with Gasteiger partial charge in [0.1, 0.15) is 0 Å². The summed E-state index contributed by atoms with van der Waals surface area (Å²) in [5.74, 6) is -3.79. The van der Waals surface area contributed by atoms with Gasteiger partial charge in [-0.3, -0.25) is 19.2 Å². The van der Waals surface area contributed by atoms with Gasteiger partial charge in [-0.05, 0) is 6.42 Å². The molecule has 0 spiro atoms. The summed E-state index contributed by atoms with van der Waals surface area (Å²) < 4.78 is 9.86. The lowest BCUT2D eigenvalue weighted by atomic mass is 10.2. The molecule has 0 rings (SSSR count). The molecule has 2 N–H and O–H groups in total. The largest absolute Gasteiger partial charge is 0.481 e. The minimum Gasteiger partial charge on any atom is -0.481 e. The molecule has 0 aliphatic heterocycles. The van der Waals surface area contributed by atoms with Gasteiger partial charge < -0.3 is 19.7 Å². The highest BCUT2D eigenvalue weighted by Gasteiger charge is 2.19. The minimum absolute atomic E-state index is 0.297. The normalized spacial score (nSPS) is 10.3. The van der Waals surface area contributed by atoms with Crippen molar-refractivity contribution in [3.8, 4) is 0 Å². The van der Waals surface area contributed by atoms with Crippen LogP contribution in [0.4, 0.5) is 0 Å². The number of carbonyl (C=O) groups excluding carboxylic acids is 2. The van der Waals surface area contributed by atoms with Crippen molar-refractivity contribution in [3.63, 3.8) is 0 Å². The van der Waals surface area contributed by atoms with Crippen molar-refractivity contribution in [3.05, 3.63) is 0 Å². The van der Waals surface area contributed by atoms with Gasteiger partial charge in [0.2, 0.25) is 6.29 Å². The van der Waals surface area contributed by atoms with E-state index in [2.05, 4.69) is 0 Å². The van der Waals surface area contributed by atoms with Crippen molar-refractivity contribution in [2.45, 2.75) is 64.6 Å². The molecule has 0 saturated heterocycles. The minimum atomic E-state index is -1.13. The SMILES string of the molecule is CCCCCC(OC(=O)CCC(=O)O)OC(=O)CCC(=O)O. The second-order valence-electron chi connectivity index (χ2n) is 4.69. The van der Waals surface area contributed by atoms with Gasteiger partial charge in [0.15, 0.2) is 0 Å². The van der Waals surface area contributed by atoms with Gasteiger partial charge in [-0.2, -0.15) is 0 Å². The van der Waals surface area contributed by atoms with Crippen LogP contribution in [0.3, 0.4) is 0 Å². The van der Waals surface area contributed by atoms with Gasteiger partial charge in [0, 0.05) is 6.42 Å². The van der Waals surface area contributed by atoms with Crippen molar-refractivity contribution in [2.75, 3.05) is 0 Å². The smallest absolute Gasteiger partial charge is 0.309 e. The first-order valence-electron chi connectivity index (χ1n) is 7.17. The van der Waals surface area contributed by atoms with Crippen LogP contribution in [0.15, 0.2) is 0 Å². The van der Waals surface area contributed by atoms with E-state index in [-0.39, 0.29) is 25.7 Å². The van der Waals surface area contributed by atoms with E-state index < -0.39 is 30.2 Å².